The summed E-state index contributed by atoms with van der Waals surface area (Å²) in [7, 11) is 3.77. The van der Waals surface area contributed by atoms with Crippen LogP contribution in [0.15, 0.2) is 30.6 Å². The van der Waals surface area contributed by atoms with Gasteiger partial charge in [-0.2, -0.15) is 0 Å². The first-order valence-electron chi connectivity index (χ1n) is 7.90. The first-order valence-corrected chi connectivity index (χ1v) is 7.90. The Morgan fingerprint density at radius 3 is 2.60 bits per heavy atom. The van der Waals surface area contributed by atoms with Gasteiger partial charge in [-0.15, -0.1) is 0 Å². The minimum absolute atomic E-state index is 0.0824. The zero-order chi connectivity index (χ0) is 18.0. The van der Waals surface area contributed by atoms with Gasteiger partial charge in [0.05, 0.1) is 6.54 Å². The maximum atomic E-state index is 13.3. The van der Waals surface area contributed by atoms with Gasteiger partial charge in [0, 0.05) is 39.8 Å². The third-order valence-corrected chi connectivity index (χ3v) is 4.10. The minimum atomic E-state index is -0.902. The number of rotatable bonds is 4. The Kier molecular flexibility index (Phi) is 4.78. The number of benzene rings is 1. The Labute approximate surface area is 144 Å². The Morgan fingerprint density at radius 2 is 1.92 bits per heavy atom. The van der Waals surface area contributed by atoms with Gasteiger partial charge in [0.15, 0.2) is 11.6 Å². The molecule has 0 aliphatic carbocycles. The largest absolute Gasteiger partial charge is 0.363 e. The SMILES string of the molecule is CN(C)c1cc(N2CCN(Cc3ccc(F)c(F)c3)C(=O)C2)ncn1. The van der Waals surface area contributed by atoms with Gasteiger partial charge in [-0.1, -0.05) is 6.07 Å². The lowest BCUT2D eigenvalue weighted by molar-refractivity contribution is -0.131. The van der Waals surface area contributed by atoms with E-state index in [-0.39, 0.29) is 19.0 Å². The zero-order valence-electron chi connectivity index (χ0n) is 14.1. The summed E-state index contributed by atoms with van der Waals surface area (Å²) in [6.45, 7) is 1.54. The van der Waals surface area contributed by atoms with Crippen LogP contribution in [0.5, 0.6) is 0 Å². The first kappa shape index (κ1) is 17.1. The maximum absolute atomic E-state index is 13.3. The van der Waals surface area contributed by atoms with Crippen molar-refractivity contribution in [3.63, 3.8) is 0 Å². The Hall–Kier alpha value is -2.77. The zero-order valence-corrected chi connectivity index (χ0v) is 14.1. The lowest BCUT2D eigenvalue weighted by Gasteiger charge is -2.35. The van der Waals surface area contributed by atoms with Crippen LogP contribution in [0, 0.1) is 11.6 Å². The number of halogens is 2. The summed E-state index contributed by atoms with van der Waals surface area (Å²) in [6.07, 6.45) is 1.48. The summed E-state index contributed by atoms with van der Waals surface area (Å²) in [5.74, 6) is -0.414. The molecule has 1 amide bonds. The molecule has 0 bridgehead atoms. The van der Waals surface area contributed by atoms with Crippen LogP contribution in [-0.4, -0.2) is 54.5 Å². The molecule has 8 heteroatoms. The van der Waals surface area contributed by atoms with Crippen molar-refractivity contribution >= 4 is 17.5 Å². The van der Waals surface area contributed by atoms with E-state index in [2.05, 4.69) is 9.97 Å². The number of amides is 1. The molecular formula is C17H19F2N5O. The van der Waals surface area contributed by atoms with Crippen LogP contribution in [0.25, 0.3) is 0 Å². The molecule has 0 saturated carbocycles. The topological polar surface area (TPSA) is 52.6 Å². The predicted octanol–water partition coefficient (Wildman–Crippen LogP) is 1.67. The molecule has 132 valence electrons. The van der Waals surface area contributed by atoms with Gasteiger partial charge in [0.25, 0.3) is 0 Å². The summed E-state index contributed by atoms with van der Waals surface area (Å²) < 4.78 is 26.3. The Balaban J connectivity index is 1.67. The number of carbonyl (C=O) groups excluding carboxylic acids is 1. The molecular weight excluding hydrogens is 328 g/mol. The highest BCUT2D eigenvalue weighted by Gasteiger charge is 2.25. The van der Waals surface area contributed by atoms with Crippen molar-refractivity contribution in [3.05, 3.63) is 47.8 Å². The molecule has 0 atom stereocenters. The van der Waals surface area contributed by atoms with Gasteiger partial charge < -0.3 is 14.7 Å². The fourth-order valence-electron chi connectivity index (χ4n) is 2.68. The number of piperazine rings is 1. The molecule has 1 aromatic heterocycles. The molecule has 3 rings (SSSR count). The summed E-state index contributed by atoms with van der Waals surface area (Å²) in [6, 6.07) is 5.53. The van der Waals surface area contributed by atoms with E-state index in [9.17, 15) is 13.6 Å². The molecule has 1 aliphatic heterocycles. The predicted molar refractivity (Wildman–Crippen MR) is 90.3 cm³/mol. The number of hydrogen-bond donors (Lipinski definition) is 0. The fourth-order valence-corrected chi connectivity index (χ4v) is 2.68. The van der Waals surface area contributed by atoms with E-state index in [1.54, 1.807) is 4.90 Å². The van der Waals surface area contributed by atoms with Crippen LogP contribution in [0.3, 0.4) is 0 Å². The van der Waals surface area contributed by atoms with Gasteiger partial charge in [0.1, 0.15) is 18.0 Å². The van der Waals surface area contributed by atoms with E-state index < -0.39 is 11.6 Å². The highest BCUT2D eigenvalue weighted by molar-refractivity contribution is 5.82. The van der Waals surface area contributed by atoms with Crippen LogP contribution in [0.1, 0.15) is 5.56 Å². The molecule has 1 aliphatic rings. The van der Waals surface area contributed by atoms with E-state index in [4.69, 9.17) is 0 Å². The minimum Gasteiger partial charge on any atom is -0.363 e. The van der Waals surface area contributed by atoms with Gasteiger partial charge >= 0.3 is 0 Å². The van der Waals surface area contributed by atoms with Crippen molar-refractivity contribution in [2.75, 3.05) is 43.5 Å². The Morgan fingerprint density at radius 1 is 1.12 bits per heavy atom. The van der Waals surface area contributed by atoms with Crippen molar-refractivity contribution in [3.8, 4) is 0 Å². The summed E-state index contributed by atoms with van der Waals surface area (Å²) in [5.41, 5.74) is 0.567. The maximum Gasteiger partial charge on any atom is 0.242 e. The van der Waals surface area contributed by atoms with Gasteiger partial charge in [-0.25, -0.2) is 18.7 Å². The first-order chi connectivity index (χ1) is 11.9. The van der Waals surface area contributed by atoms with Crippen molar-refractivity contribution in [1.82, 2.24) is 14.9 Å². The number of hydrogen-bond acceptors (Lipinski definition) is 5. The van der Waals surface area contributed by atoms with Crippen molar-refractivity contribution in [2.24, 2.45) is 0 Å². The lowest BCUT2D eigenvalue weighted by atomic mass is 10.2. The molecule has 0 N–H and O–H groups in total. The molecule has 25 heavy (non-hydrogen) atoms. The third-order valence-electron chi connectivity index (χ3n) is 4.10. The Bertz CT molecular complexity index is 783. The van der Waals surface area contributed by atoms with Gasteiger partial charge in [0.2, 0.25) is 5.91 Å². The fraction of sp³-hybridized carbons (Fsp3) is 0.353. The molecule has 0 unspecified atom stereocenters. The lowest BCUT2D eigenvalue weighted by Crippen LogP contribution is -2.50. The van der Waals surface area contributed by atoms with E-state index in [1.807, 2.05) is 30.0 Å². The van der Waals surface area contributed by atoms with E-state index in [0.29, 0.717) is 24.5 Å². The van der Waals surface area contributed by atoms with Crippen molar-refractivity contribution in [2.45, 2.75) is 6.54 Å². The second kappa shape index (κ2) is 7.00. The van der Waals surface area contributed by atoms with Crippen LogP contribution < -0.4 is 9.80 Å². The molecule has 2 heterocycles. The van der Waals surface area contributed by atoms with Gasteiger partial charge in [-0.3, -0.25) is 4.79 Å². The van der Waals surface area contributed by atoms with Gasteiger partial charge in [-0.05, 0) is 17.7 Å². The van der Waals surface area contributed by atoms with Crippen molar-refractivity contribution in [1.29, 1.82) is 0 Å². The van der Waals surface area contributed by atoms with Crippen molar-refractivity contribution < 1.29 is 13.6 Å². The highest BCUT2D eigenvalue weighted by Crippen LogP contribution is 2.19. The second-order valence-corrected chi connectivity index (χ2v) is 6.11. The third kappa shape index (κ3) is 3.84. The average molecular weight is 347 g/mol. The molecule has 1 saturated heterocycles. The second-order valence-electron chi connectivity index (χ2n) is 6.11. The van der Waals surface area contributed by atoms with Crippen LogP contribution in [-0.2, 0) is 11.3 Å². The highest BCUT2D eigenvalue weighted by atomic mass is 19.2. The molecule has 2 aromatic rings. The van der Waals surface area contributed by atoms with Crippen LogP contribution >= 0.6 is 0 Å². The van der Waals surface area contributed by atoms with Crippen LogP contribution in [0.4, 0.5) is 20.4 Å². The molecule has 0 radical (unpaired) electrons. The molecule has 6 nitrogen and oxygen atoms in total. The summed E-state index contributed by atoms with van der Waals surface area (Å²) in [5, 5.41) is 0. The molecule has 1 fully saturated rings. The summed E-state index contributed by atoms with van der Waals surface area (Å²) in [4.78, 5) is 26.2. The number of anilines is 2. The smallest absolute Gasteiger partial charge is 0.242 e. The van der Waals surface area contributed by atoms with E-state index in [0.717, 1.165) is 18.0 Å². The van der Waals surface area contributed by atoms with E-state index >= 15 is 0 Å². The summed E-state index contributed by atoms with van der Waals surface area (Å²) >= 11 is 0. The monoisotopic (exact) mass is 347 g/mol. The molecule has 0 spiro atoms. The normalized spacial score (nSPS) is 14.8. The number of aromatic nitrogens is 2. The quantitative estimate of drug-likeness (QED) is 0.842. The number of nitrogens with zero attached hydrogens (tertiary/aromatic N) is 5. The number of carbonyl (C=O) groups is 1. The molecule has 1 aromatic carbocycles. The standard InChI is InChI=1S/C17H19F2N5O/c1-22(2)15-8-16(21-11-20-15)23-5-6-24(17(25)10-23)9-12-3-4-13(18)14(19)7-12/h3-4,7-8,11H,5-6,9-10H2,1-2H3. The van der Waals surface area contributed by atoms with E-state index in [1.165, 1.54) is 12.4 Å². The average Bonchev–Trinajstić information content (AvgIpc) is 2.60. The van der Waals surface area contributed by atoms with Crippen LogP contribution in [0.2, 0.25) is 0 Å².